The predicted octanol–water partition coefficient (Wildman–Crippen LogP) is 6.18. The van der Waals surface area contributed by atoms with Crippen molar-refractivity contribution < 1.29 is 13.9 Å². The number of fused-ring (bicyclic) bond motifs is 1. The monoisotopic (exact) mass is 440 g/mol. The molecule has 0 spiro atoms. The van der Waals surface area contributed by atoms with Gasteiger partial charge in [0.1, 0.15) is 5.76 Å². The van der Waals surface area contributed by atoms with Crippen molar-refractivity contribution in [2.75, 3.05) is 12.4 Å². The standard InChI is InChI=1S/C23H18Cl2N2O3/c1-29-20-10-9-16(23(28)27-21-18(24)12-26-13-19(21)25)17-11-15(30-22(17)20)8-7-14-5-3-2-4-6-14/h2-6,9-13H,7-8H2,1H3,(H,26,27,28). The number of hydrogen-bond donors (Lipinski definition) is 1. The number of ether oxygens (including phenoxy) is 1. The van der Waals surface area contributed by atoms with Gasteiger partial charge in [0, 0.05) is 24.2 Å². The molecule has 2 heterocycles. The number of nitrogens with one attached hydrogen (secondary N) is 1. The third-order valence-electron chi connectivity index (χ3n) is 4.76. The number of furan rings is 1. The summed E-state index contributed by atoms with van der Waals surface area (Å²) in [6, 6.07) is 15.4. The Hall–Kier alpha value is -3.02. The van der Waals surface area contributed by atoms with Crippen molar-refractivity contribution >= 4 is 45.8 Å². The number of aromatic nitrogens is 1. The topological polar surface area (TPSA) is 64.4 Å². The number of carbonyl (C=O) groups is 1. The minimum Gasteiger partial charge on any atom is -0.493 e. The summed E-state index contributed by atoms with van der Waals surface area (Å²) in [5.74, 6) is 0.980. The van der Waals surface area contributed by atoms with E-state index in [9.17, 15) is 4.79 Å². The molecule has 0 saturated heterocycles. The Morgan fingerprint density at radius 2 is 1.80 bits per heavy atom. The fraction of sp³-hybridized carbons (Fsp3) is 0.130. The predicted molar refractivity (Wildman–Crippen MR) is 119 cm³/mol. The first-order valence-corrected chi connectivity index (χ1v) is 10.1. The normalized spacial score (nSPS) is 10.9. The van der Waals surface area contributed by atoms with Crippen LogP contribution in [0.3, 0.4) is 0 Å². The van der Waals surface area contributed by atoms with Gasteiger partial charge in [-0.15, -0.1) is 0 Å². The number of benzene rings is 2. The van der Waals surface area contributed by atoms with Crippen molar-refractivity contribution in [2.24, 2.45) is 0 Å². The van der Waals surface area contributed by atoms with Gasteiger partial charge in [0.25, 0.3) is 5.91 Å². The molecule has 2 aromatic carbocycles. The highest BCUT2D eigenvalue weighted by atomic mass is 35.5. The fourth-order valence-electron chi connectivity index (χ4n) is 3.26. The van der Waals surface area contributed by atoms with E-state index in [1.165, 1.54) is 18.0 Å². The van der Waals surface area contributed by atoms with Crippen LogP contribution < -0.4 is 10.1 Å². The van der Waals surface area contributed by atoms with Crippen molar-refractivity contribution in [1.82, 2.24) is 4.98 Å². The Morgan fingerprint density at radius 1 is 1.07 bits per heavy atom. The van der Waals surface area contributed by atoms with E-state index >= 15 is 0 Å². The zero-order chi connectivity index (χ0) is 21.1. The second-order valence-electron chi connectivity index (χ2n) is 6.69. The van der Waals surface area contributed by atoms with E-state index in [1.807, 2.05) is 24.3 Å². The first kappa shape index (κ1) is 20.3. The second-order valence-corrected chi connectivity index (χ2v) is 7.50. The Morgan fingerprint density at radius 3 is 2.50 bits per heavy atom. The number of hydrogen-bond acceptors (Lipinski definition) is 4. The highest BCUT2D eigenvalue weighted by molar-refractivity contribution is 6.39. The van der Waals surface area contributed by atoms with Crippen LogP contribution in [0.15, 0.2) is 65.3 Å². The number of carbonyl (C=O) groups excluding carboxylic acids is 1. The summed E-state index contributed by atoms with van der Waals surface area (Å²) in [5.41, 5.74) is 2.49. The smallest absolute Gasteiger partial charge is 0.256 e. The Bertz CT molecular complexity index is 1190. The number of aryl methyl sites for hydroxylation is 2. The van der Waals surface area contributed by atoms with Gasteiger partial charge in [-0.05, 0) is 30.2 Å². The summed E-state index contributed by atoms with van der Waals surface area (Å²) in [6.07, 6.45) is 4.37. The summed E-state index contributed by atoms with van der Waals surface area (Å²) < 4.78 is 11.5. The average Bonchev–Trinajstić information content (AvgIpc) is 3.19. The van der Waals surface area contributed by atoms with E-state index in [-0.39, 0.29) is 16.0 Å². The molecule has 4 rings (SSSR count). The molecule has 0 atom stereocenters. The van der Waals surface area contributed by atoms with Gasteiger partial charge in [0.05, 0.1) is 28.4 Å². The number of pyridine rings is 1. The second kappa shape index (κ2) is 8.78. The van der Waals surface area contributed by atoms with Crippen LogP contribution >= 0.6 is 23.2 Å². The van der Waals surface area contributed by atoms with Crippen molar-refractivity contribution in [3.05, 3.63) is 87.9 Å². The molecule has 0 unspecified atom stereocenters. The largest absolute Gasteiger partial charge is 0.493 e. The van der Waals surface area contributed by atoms with Crippen LogP contribution in [-0.4, -0.2) is 18.0 Å². The lowest BCUT2D eigenvalue weighted by Crippen LogP contribution is -2.13. The molecular formula is C23H18Cl2N2O3. The maximum absolute atomic E-state index is 13.0. The van der Waals surface area contributed by atoms with Gasteiger partial charge in [0.15, 0.2) is 11.3 Å². The maximum atomic E-state index is 13.0. The number of rotatable bonds is 6. The van der Waals surface area contributed by atoms with Gasteiger partial charge in [-0.25, -0.2) is 0 Å². The lowest BCUT2D eigenvalue weighted by molar-refractivity contribution is 0.102. The Labute approximate surface area is 183 Å². The van der Waals surface area contributed by atoms with Gasteiger partial charge >= 0.3 is 0 Å². The van der Waals surface area contributed by atoms with Crippen LogP contribution in [0.1, 0.15) is 21.7 Å². The maximum Gasteiger partial charge on any atom is 0.256 e. The quantitative estimate of drug-likeness (QED) is 0.388. The molecule has 5 nitrogen and oxygen atoms in total. The van der Waals surface area contributed by atoms with E-state index in [1.54, 1.807) is 19.2 Å². The van der Waals surface area contributed by atoms with E-state index in [0.717, 1.165) is 12.2 Å². The van der Waals surface area contributed by atoms with Gasteiger partial charge in [-0.2, -0.15) is 0 Å². The molecule has 0 aliphatic carbocycles. The SMILES string of the molecule is COc1ccc(C(=O)Nc2c(Cl)cncc2Cl)c2cc(CCc3ccccc3)oc12. The van der Waals surface area contributed by atoms with Crippen molar-refractivity contribution in [3.63, 3.8) is 0 Å². The summed E-state index contributed by atoms with van der Waals surface area (Å²) in [6.45, 7) is 0. The molecule has 0 fully saturated rings. The molecule has 0 aliphatic heterocycles. The zero-order valence-corrected chi connectivity index (χ0v) is 17.6. The van der Waals surface area contributed by atoms with Crippen LogP contribution in [0.4, 0.5) is 5.69 Å². The lowest BCUT2D eigenvalue weighted by atomic mass is 10.1. The number of nitrogens with zero attached hydrogens (tertiary/aromatic N) is 1. The van der Waals surface area contributed by atoms with E-state index in [4.69, 9.17) is 32.4 Å². The molecule has 1 amide bonds. The highest BCUT2D eigenvalue weighted by Gasteiger charge is 2.19. The van der Waals surface area contributed by atoms with Gasteiger partial charge in [-0.1, -0.05) is 53.5 Å². The minimum absolute atomic E-state index is 0.261. The van der Waals surface area contributed by atoms with Crippen molar-refractivity contribution in [3.8, 4) is 5.75 Å². The molecule has 0 radical (unpaired) electrons. The third kappa shape index (κ3) is 4.13. The molecule has 2 aromatic heterocycles. The molecule has 30 heavy (non-hydrogen) atoms. The van der Waals surface area contributed by atoms with Crippen molar-refractivity contribution in [1.29, 1.82) is 0 Å². The molecule has 1 N–H and O–H groups in total. The highest BCUT2D eigenvalue weighted by Crippen LogP contribution is 2.34. The molecule has 4 aromatic rings. The summed E-state index contributed by atoms with van der Waals surface area (Å²) in [7, 11) is 1.57. The van der Waals surface area contributed by atoms with E-state index in [0.29, 0.717) is 34.4 Å². The lowest BCUT2D eigenvalue weighted by Gasteiger charge is -2.10. The molecule has 0 saturated carbocycles. The van der Waals surface area contributed by atoms with Gasteiger partial charge in [0.2, 0.25) is 0 Å². The van der Waals surface area contributed by atoms with Crippen LogP contribution in [0, 0.1) is 0 Å². The summed E-state index contributed by atoms with van der Waals surface area (Å²) >= 11 is 12.3. The van der Waals surface area contributed by atoms with Crippen LogP contribution in [0.5, 0.6) is 5.75 Å². The number of halogens is 2. The molecule has 152 valence electrons. The summed E-state index contributed by atoms with van der Waals surface area (Å²) in [5, 5.41) is 3.95. The first-order valence-electron chi connectivity index (χ1n) is 9.30. The van der Waals surface area contributed by atoms with Gasteiger partial charge < -0.3 is 14.5 Å². The number of methoxy groups -OCH3 is 1. The first-order chi connectivity index (χ1) is 14.6. The Balaban J connectivity index is 1.66. The number of anilines is 1. The molecular weight excluding hydrogens is 423 g/mol. The van der Waals surface area contributed by atoms with Crippen LogP contribution in [0.2, 0.25) is 10.0 Å². The van der Waals surface area contributed by atoms with Crippen LogP contribution in [0.25, 0.3) is 11.0 Å². The van der Waals surface area contributed by atoms with Gasteiger partial charge in [-0.3, -0.25) is 9.78 Å². The molecule has 0 aliphatic rings. The Kier molecular flexibility index (Phi) is 5.93. The van der Waals surface area contributed by atoms with E-state index in [2.05, 4.69) is 22.4 Å². The third-order valence-corrected chi connectivity index (χ3v) is 5.33. The molecule has 7 heteroatoms. The van der Waals surface area contributed by atoms with E-state index < -0.39 is 0 Å². The average molecular weight is 441 g/mol. The zero-order valence-electron chi connectivity index (χ0n) is 16.1. The molecule has 0 bridgehead atoms. The van der Waals surface area contributed by atoms with Crippen molar-refractivity contribution in [2.45, 2.75) is 12.8 Å². The summed E-state index contributed by atoms with van der Waals surface area (Å²) in [4.78, 5) is 16.9. The van der Waals surface area contributed by atoms with Crippen LogP contribution in [-0.2, 0) is 12.8 Å². The number of amides is 1. The fourth-order valence-corrected chi connectivity index (χ4v) is 3.71. The minimum atomic E-state index is -0.354.